The third kappa shape index (κ3) is 4.16. The van der Waals surface area contributed by atoms with Crippen molar-refractivity contribution in [3.05, 3.63) is 57.3 Å². The van der Waals surface area contributed by atoms with E-state index in [4.69, 9.17) is 21.5 Å². The molecule has 0 unspecified atom stereocenters. The van der Waals surface area contributed by atoms with E-state index in [0.29, 0.717) is 10.2 Å². The Morgan fingerprint density at radius 3 is 2.52 bits per heavy atom. The van der Waals surface area contributed by atoms with Gasteiger partial charge in [0, 0.05) is 10.0 Å². The summed E-state index contributed by atoms with van der Waals surface area (Å²) in [6, 6.07) is 8.15. The molecule has 2 aromatic carbocycles. The van der Waals surface area contributed by atoms with E-state index in [1.807, 2.05) is 0 Å². The Hall–Kier alpha value is -1.15. The number of benzene rings is 2. The normalized spacial score (nSPS) is 11.4. The minimum absolute atomic E-state index is 0.0946. The number of ether oxygens (including phenoxy) is 1. The number of halogens is 3. The third-order valence-corrected chi connectivity index (χ3v) is 4.57. The zero-order chi connectivity index (χ0) is 15.6. The van der Waals surface area contributed by atoms with Crippen molar-refractivity contribution in [2.24, 2.45) is 5.14 Å². The Kier molecular flexibility index (Phi) is 4.88. The predicted octanol–water partition coefficient (Wildman–Crippen LogP) is 3.47. The zero-order valence-corrected chi connectivity index (χ0v) is 13.7. The van der Waals surface area contributed by atoms with Crippen molar-refractivity contribution in [3.63, 3.8) is 0 Å². The van der Waals surface area contributed by atoms with Gasteiger partial charge in [-0.25, -0.2) is 17.9 Å². The van der Waals surface area contributed by atoms with Crippen LogP contribution in [0.1, 0.15) is 5.56 Å². The molecule has 0 bridgehead atoms. The Labute approximate surface area is 134 Å². The number of sulfonamides is 1. The van der Waals surface area contributed by atoms with Crippen LogP contribution >= 0.6 is 27.5 Å². The molecule has 0 spiro atoms. The number of hydrogen-bond acceptors (Lipinski definition) is 3. The average molecular weight is 395 g/mol. The molecule has 2 aromatic rings. The van der Waals surface area contributed by atoms with Crippen LogP contribution in [-0.2, 0) is 16.6 Å². The predicted molar refractivity (Wildman–Crippen MR) is 81.3 cm³/mol. The van der Waals surface area contributed by atoms with Crippen LogP contribution in [0.5, 0.6) is 5.75 Å². The van der Waals surface area contributed by atoms with E-state index in [1.54, 1.807) is 6.07 Å². The highest BCUT2D eigenvalue weighted by Gasteiger charge is 2.12. The number of rotatable bonds is 4. The first-order valence-corrected chi connectivity index (χ1v) is 8.38. The van der Waals surface area contributed by atoms with Gasteiger partial charge in [0.15, 0.2) is 0 Å². The number of hydrogen-bond donors (Lipinski definition) is 1. The molecule has 0 atom stereocenters. The van der Waals surface area contributed by atoms with E-state index >= 15 is 0 Å². The second-order valence-corrected chi connectivity index (χ2v) is 6.98. The van der Waals surface area contributed by atoms with Crippen LogP contribution in [0.2, 0.25) is 5.02 Å². The smallest absolute Gasteiger partial charge is 0.238 e. The Morgan fingerprint density at radius 2 is 1.95 bits per heavy atom. The SMILES string of the molecule is NS(=O)(=O)c1ccc(OCc2ccc(F)cc2Br)c(Cl)c1. The first-order chi connectivity index (χ1) is 9.77. The lowest BCUT2D eigenvalue weighted by atomic mass is 10.2. The lowest BCUT2D eigenvalue weighted by Crippen LogP contribution is -2.12. The Bertz CT molecular complexity index is 783. The molecule has 112 valence electrons. The van der Waals surface area contributed by atoms with Gasteiger partial charge < -0.3 is 4.74 Å². The molecule has 21 heavy (non-hydrogen) atoms. The van der Waals surface area contributed by atoms with Crippen LogP contribution in [0.15, 0.2) is 45.8 Å². The summed E-state index contributed by atoms with van der Waals surface area (Å²) >= 11 is 9.18. The molecule has 8 heteroatoms. The minimum Gasteiger partial charge on any atom is -0.487 e. The van der Waals surface area contributed by atoms with Gasteiger partial charge >= 0.3 is 0 Å². The van der Waals surface area contributed by atoms with E-state index in [1.165, 1.54) is 30.3 Å². The van der Waals surface area contributed by atoms with Crippen molar-refractivity contribution in [1.29, 1.82) is 0 Å². The summed E-state index contributed by atoms with van der Waals surface area (Å²) in [5, 5.41) is 5.13. The average Bonchev–Trinajstić information content (AvgIpc) is 2.38. The van der Waals surface area contributed by atoms with Crippen LogP contribution in [0, 0.1) is 5.82 Å². The third-order valence-electron chi connectivity index (χ3n) is 2.63. The molecule has 0 aliphatic rings. The first kappa shape index (κ1) is 16.2. The number of primary sulfonamides is 1. The summed E-state index contributed by atoms with van der Waals surface area (Å²) < 4.78 is 41.4. The van der Waals surface area contributed by atoms with Gasteiger partial charge in [0.1, 0.15) is 18.2 Å². The highest BCUT2D eigenvalue weighted by atomic mass is 79.9. The number of nitrogens with two attached hydrogens (primary N) is 1. The maximum absolute atomic E-state index is 13.0. The molecular weight excluding hydrogens is 385 g/mol. The quantitative estimate of drug-likeness (QED) is 0.863. The Balaban J connectivity index is 2.17. The van der Waals surface area contributed by atoms with Gasteiger partial charge in [-0.05, 0) is 30.3 Å². The van der Waals surface area contributed by atoms with Gasteiger partial charge in [-0.3, -0.25) is 0 Å². The highest BCUT2D eigenvalue weighted by molar-refractivity contribution is 9.10. The molecule has 0 aromatic heterocycles. The summed E-state index contributed by atoms with van der Waals surface area (Å²) in [5.41, 5.74) is 0.725. The molecule has 0 amide bonds. The van der Waals surface area contributed by atoms with Gasteiger partial charge in [-0.1, -0.05) is 33.6 Å². The second-order valence-electron chi connectivity index (χ2n) is 4.16. The molecule has 4 nitrogen and oxygen atoms in total. The lowest BCUT2D eigenvalue weighted by molar-refractivity contribution is 0.305. The van der Waals surface area contributed by atoms with Gasteiger partial charge in [-0.15, -0.1) is 0 Å². The molecule has 2 rings (SSSR count). The maximum Gasteiger partial charge on any atom is 0.238 e. The van der Waals surface area contributed by atoms with Crippen LogP contribution in [0.4, 0.5) is 4.39 Å². The molecule has 0 heterocycles. The molecule has 0 saturated heterocycles. The Morgan fingerprint density at radius 1 is 1.24 bits per heavy atom. The van der Waals surface area contributed by atoms with Gasteiger partial charge in [-0.2, -0.15) is 0 Å². The molecule has 0 aliphatic heterocycles. The molecule has 0 radical (unpaired) electrons. The molecule has 2 N–H and O–H groups in total. The molecule has 0 saturated carbocycles. The van der Waals surface area contributed by atoms with Gasteiger partial charge in [0.25, 0.3) is 0 Å². The summed E-state index contributed by atoms with van der Waals surface area (Å²) in [6.45, 7) is 0.148. The van der Waals surface area contributed by atoms with Crippen LogP contribution < -0.4 is 9.88 Å². The van der Waals surface area contributed by atoms with Crippen LogP contribution in [0.25, 0.3) is 0 Å². The van der Waals surface area contributed by atoms with E-state index in [0.717, 1.165) is 5.56 Å². The monoisotopic (exact) mass is 393 g/mol. The summed E-state index contributed by atoms with van der Waals surface area (Å²) in [7, 11) is -3.81. The van der Waals surface area contributed by atoms with E-state index < -0.39 is 10.0 Å². The van der Waals surface area contributed by atoms with Crippen LogP contribution in [-0.4, -0.2) is 8.42 Å². The standard InChI is InChI=1S/C13H10BrClFNO3S/c14-11-5-9(16)2-1-8(11)7-20-13-4-3-10(6-12(13)15)21(17,18)19/h1-6H,7H2,(H2,17,18,19). The van der Waals surface area contributed by atoms with Gasteiger partial charge in [0.2, 0.25) is 10.0 Å². The minimum atomic E-state index is -3.81. The summed E-state index contributed by atoms with van der Waals surface area (Å²) in [6.07, 6.45) is 0. The van der Waals surface area contributed by atoms with E-state index in [9.17, 15) is 12.8 Å². The van der Waals surface area contributed by atoms with Gasteiger partial charge in [0.05, 0.1) is 9.92 Å². The second kappa shape index (κ2) is 6.31. The van der Waals surface area contributed by atoms with Crippen molar-refractivity contribution in [2.45, 2.75) is 11.5 Å². The fraction of sp³-hybridized carbons (Fsp3) is 0.0769. The summed E-state index contributed by atoms with van der Waals surface area (Å²) in [5.74, 6) is -0.0542. The highest BCUT2D eigenvalue weighted by Crippen LogP contribution is 2.28. The zero-order valence-electron chi connectivity index (χ0n) is 10.5. The molecule has 0 fully saturated rings. The van der Waals surface area contributed by atoms with Crippen molar-refractivity contribution < 1.29 is 17.5 Å². The topological polar surface area (TPSA) is 69.4 Å². The fourth-order valence-electron chi connectivity index (χ4n) is 1.57. The molecular formula is C13H10BrClFNO3S. The van der Waals surface area contributed by atoms with Crippen molar-refractivity contribution in [1.82, 2.24) is 0 Å². The van der Waals surface area contributed by atoms with Crippen molar-refractivity contribution in [3.8, 4) is 5.75 Å². The van der Waals surface area contributed by atoms with Crippen molar-refractivity contribution >= 4 is 37.6 Å². The van der Waals surface area contributed by atoms with E-state index in [2.05, 4.69) is 15.9 Å². The first-order valence-electron chi connectivity index (χ1n) is 5.66. The van der Waals surface area contributed by atoms with E-state index in [-0.39, 0.29) is 22.3 Å². The van der Waals surface area contributed by atoms with Crippen LogP contribution in [0.3, 0.4) is 0 Å². The lowest BCUT2D eigenvalue weighted by Gasteiger charge is -2.10. The van der Waals surface area contributed by atoms with Crippen molar-refractivity contribution in [2.75, 3.05) is 0 Å². The summed E-state index contributed by atoms with van der Waals surface area (Å²) in [4.78, 5) is -0.0946. The maximum atomic E-state index is 13.0. The fourth-order valence-corrected chi connectivity index (χ4v) is 2.87. The largest absolute Gasteiger partial charge is 0.487 e. The molecule has 0 aliphatic carbocycles.